The second-order valence-corrected chi connectivity index (χ2v) is 6.85. The van der Waals surface area contributed by atoms with E-state index in [1.807, 2.05) is 0 Å². The lowest BCUT2D eigenvalue weighted by Crippen LogP contribution is -2.49. The third-order valence-corrected chi connectivity index (χ3v) is 4.91. The fraction of sp³-hybridized carbons (Fsp3) is 0.600. The lowest BCUT2D eigenvalue weighted by atomic mass is 9.97. The number of hydrogen-bond donors (Lipinski definition) is 1. The molecule has 0 aliphatic carbocycles. The van der Waals surface area contributed by atoms with Gasteiger partial charge in [0, 0.05) is 35.7 Å². The molecule has 1 aromatic rings. The van der Waals surface area contributed by atoms with Crippen molar-refractivity contribution in [3.8, 4) is 0 Å². The Hall–Kier alpha value is -0.580. The fourth-order valence-corrected chi connectivity index (χ4v) is 3.21. The molecule has 1 aliphatic rings. The van der Waals surface area contributed by atoms with Crippen LogP contribution in [0.2, 0.25) is 0 Å². The highest BCUT2D eigenvalue weighted by molar-refractivity contribution is 9.10. The summed E-state index contributed by atoms with van der Waals surface area (Å²) in [5, 5.41) is 0. The Morgan fingerprint density at radius 1 is 1.37 bits per heavy atom. The maximum atomic E-state index is 5.95. The summed E-state index contributed by atoms with van der Waals surface area (Å²) in [5.41, 5.74) is 7.36. The lowest BCUT2D eigenvalue weighted by Gasteiger charge is -2.40. The molecule has 1 aliphatic heterocycles. The largest absolute Gasteiger partial charge is 0.364 e. The molecular formula is C15H24BrN3. The van der Waals surface area contributed by atoms with Gasteiger partial charge in [0.2, 0.25) is 0 Å². The smallest absolute Gasteiger partial charge is 0.0515 e. The van der Waals surface area contributed by atoms with E-state index in [9.17, 15) is 0 Å². The van der Waals surface area contributed by atoms with E-state index in [2.05, 4.69) is 70.9 Å². The zero-order valence-electron chi connectivity index (χ0n) is 12.1. The van der Waals surface area contributed by atoms with Crippen molar-refractivity contribution in [2.45, 2.75) is 31.8 Å². The maximum absolute atomic E-state index is 5.95. The SMILES string of the molecule is CN1CCC(C)(C)N(c2ccccc2Br)CC1CN. The van der Waals surface area contributed by atoms with E-state index in [0.717, 1.165) is 24.0 Å². The molecule has 2 N–H and O–H groups in total. The molecule has 0 radical (unpaired) electrons. The summed E-state index contributed by atoms with van der Waals surface area (Å²) in [5.74, 6) is 0. The Morgan fingerprint density at radius 2 is 2.05 bits per heavy atom. The summed E-state index contributed by atoms with van der Waals surface area (Å²) in [6.07, 6.45) is 1.14. The van der Waals surface area contributed by atoms with Gasteiger partial charge in [-0.05, 0) is 55.4 Å². The second-order valence-electron chi connectivity index (χ2n) is 5.99. The van der Waals surface area contributed by atoms with Crippen LogP contribution >= 0.6 is 15.9 Å². The van der Waals surface area contributed by atoms with Crippen LogP contribution in [0, 0.1) is 0 Å². The highest BCUT2D eigenvalue weighted by atomic mass is 79.9. The number of likely N-dealkylation sites (N-methyl/N-ethyl adjacent to an activating group) is 1. The molecule has 1 saturated heterocycles. The quantitative estimate of drug-likeness (QED) is 0.907. The zero-order valence-corrected chi connectivity index (χ0v) is 13.7. The predicted molar refractivity (Wildman–Crippen MR) is 85.7 cm³/mol. The van der Waals surface area contributed by atoms with Crippen LogP contribution in [0.25, 0.3) is 0 Å². The Morgan fingerprint density at radius 3 is 2.68 bits per heavy atom. The van der Waals surface area contributed by atoms with Crippen LogP contribution in [-0.4, -0.2) is 43.2 Å². The first-order valence-electron chi connectivity index (χ1n) is 6.88. The summed E-state index contributed by atoms with van der Waals surface area (Å²) < 4.78 is 1.16. The highest BCUT2D eigenvalue weighted by Crippen LogP contribution is 2.34. The lowest BCUT2D eigenvalue weighted by molar-refractivity contribution is 0.263. The van der Waals surface area contributed by atoms with Gasteiger partial charge in [0.1, 0.15) is 0 Å². The van der Waals surface area contributed by atoms with Crippen LogP contribution in [0.15, 0.2) is 28.7 Å². The van der Waals surface area contributed by atoms with Crippen LogP contribution in [0.1, 0.15) is 20.3 Å². The van der Waals surface area contributed by atoms with Gasteiger partial charge < -0.3 is 15.5 Å². The summed E-state index contributed by atoms with van der Waals surface area (Å²) >= 11 is 3.68. The van der Waals surface area contributed by atoms with Crippen LogP contribution in [-0.2, 0) is 0 Å². The number of hydrogen-bond acceptors (Lipinski definition) is 3. The standard InChI is InChI=1S/C15H24BrN3/c1-15(2)8-9-18(3)12(10-17)11-19(15)14-7-5-4-6-13(14)16/h4-7,12H,8-11,17H2,1-3H3. The number of nitrogens with zero attached hydrogens (tertiary/aromatic N) is 2. The summed E-state index contributed by atoms with van der Waals surface area (Å²) in [4.78, 5) is 4.89. The average Bonchev–Trinajstić information content (AvgIpc) is 2.49. The minimum absolute atomic E-state index is 0.141. The van der Waals surface area contributed by atoms with E-state index in [1.165, 1.54) is 5.69 Å². The topological polar surface area (TPSA) is 32.5 Å². The summed E-state index contributed by atoms with van der Waals surface area (Å²) in [6, 6.07) is 8.86. The number of para-hydroxylation sites is 1. The van der Waals surface area contributed by atoms with Crippen molar-refractivity contribution >= 4 is 21.6 Å². The van der Waals surface area contributed by atoms with Crippen molar-refractivity contribution in [1.29, 1.82) is 0 Å². The van der Waals surface area contributed by atoms with Crippen molar-refractivity contribution in [2.75, 3.05) is 31.6 Å². The molecule has 3 nitrogen and oxygen atoms in total. The number of anilines is 1. The van der Waals surface area contributed by atoms with E-state index < -0.39 is 0 Å². The molecule has 106 valence electrons. The average molecular weight is 326 g/mol. The first-order valence-corrected chi connectivity index (χ1v) is 7.67. The third-order valence-electron chi connectivity index (χ3n) is 4.24. The monoisotopic (exact) mass is 325 g/mol. The molecular weight excluding hydrogens is 302 g/mol. The van der Waals surface area contributed by atoms with Crippen molar-refractivity contribution in [2.24, 2.45) is 5.73 Å². The third kappa shape index (κ3) is 3.12. The molecule has 1 unspecified atom stereocenters. The molecule has 19 heavy (non-hydrogen) atoms. The summed E-state index contributed by atoms with van der Waals surface area (Å²) in [7, 11) is 2.18. The van der Waals surface area contributed by atoms with Gasteiger partial charge in [0.15, 0.2) is 0 Å². The molecule has 4 heteroatoms. The molecule has 0 amide bonds. The number of nitrogens with two attached hydrogens (primary N) is 1. The van der Waals surface area contributed by atoms with Gasteiger partial charge in [-0.15, -0.1) is 0 Å². The van der Waals surface area contributed by atoms with E-state index in [4.69, 9.17) is 5.73 Å². The molecule has 0 saturated carbocycles. The van der Waals surface area contributed by atoms with Crippen molar-refractivity contribution in [3.63, 3.8) is 0 Å². The molecule has 2 rings (SSSR count). The maximum Gasteiger partial charge on any atom is 0.0515 e. The van der Waals surface area contributed by atoms with E-state index in [0.29, 0.717) is 12.6 Å². The predicted octanol–water partition coefficient (Wildman–Crippen LogP) is 2.70. The fourth-order valence-electron chi connectivity index (χ4n) is 2.71. The molecule has 1 heterocycles. The number of benzene rings is 1. The molecule has 0 bridgehead atoms. The number of halogens is 1. The van der Waals surface area contributed by atoms with Gasteiger partial charge in [0.25, 0.3) is 0 Å². The van der Waals surface area contributed by atoms with Crippen LogP contribution in [0.4, 0.5) is 5.69 Å². The van der Waals surface area contributed by atoms with E-state index in [-0.39, 0.29) is 5.54 Å². The molecule has 0 aromatic heterocycles. The van der Waals surface area contributed by atoms with Crippen molar-refractivity contribution in [1.82, 2.24) is 4.90 Å². The van der Waals surface area contributed by atoms with Gasteiger partial charge in [-0.2, -0.15) is 0 Å². The van der Waals surface area contributed by atoms with Gasteiger partial charge >= 0.3 is 0 Å². The van der Waals surface area contributed by atoms with Crippen molar-refractivity contribution < 1.29 is 0 Å². The van der Waals surface area contributed by atoms with Gasteiger partial charge in [0.05, 0.1) is 5.69 Å². The summed E-state index contributed by atoms with van der Waals surface area (Å²) in [6.45, 7) is 7.41. The van der Waals surface area contributed by atoms with Gasteiger partial charge in [-0.25, -0.2) is 0 Å². The minimum atomic E-state index is 0.141. The van der Waals surface area contributed by atoms with Crippen LogP contribution < -0.4 is 10.6 Å². The number of rotatable bonds is 2. The van der Waals surface area contributed by atoms with E-state index in [1.54, 1.807) is 0 Å². The Bertz CT molecular complexity index is 433. The molecule has 1 fully saturated rings. The van der Waals surface area contributed by atoms with Crippen LogP contribution in [0.3, 0.4) is 0 Å². The zero-order chi connectivity index (χ0) is 14.0. The Balaban J connectivity index is 2.37. The first kappa shape index (κ1) is 14.8. The van der Waals surface area contributed by atoms with Gasteiger partial charge in [-0.1, -0.05) is 12.1 Å². The molecule has 1 aromatic carbocycles. The Kier molecular flexibility index (Phi) is 4.54. The van der Waals surface area contributed by atoms with Crippen molar-refractivity contribution in [3.05, 3.63) is 28.7 Å². The Labute approximate surface area is 124 Å². The van der Waals surface area contributed by atoms with E-state index >= 15 is 0 Å². The van der Waals surface area contributed by atoms with Crippen LogP contribution in [0.5, 0.6) is 0 Å². The van der Waals surface area contributed by atoms with Gasteiger partial charge in [-0.3, -0.25) is 0 Å². The normalized spacial score (nSPS) is 24.3. The minimum Gasteiger partial charge on any atom is -0.364 e. The molecule has 1 atom stereocenters. The molecule has 0 spiro atoms. The first-order chi connectivity index (χ1) is 8.95. The second kappa shape index (κ2) is 5.81. The highest BCUT2D eigenvalue weighted by Gasteiger charge is 2.34.